The molecule has 28 heavy (non-hydrogen) atoms. The highest BCUT2D eigenvalue weighted by molar-refractivity contribution is 6.04. The molecule has 6 nitrogen and oxygen atoms in total. The van der Waals surface area contributed by atoms with E-state index in [9.17, 15) is 9.59 Å². The van der Waals surface area contributed by atoms with Crippen molar-refractivity contribution in [1.82, 2.24) is 5.01 Å². The summed E-state index contributed by atoms with van der Waals surface area (Å²) in [5, 5.41) is 4.55. The van der Waals surface area contributed by atoms with Crippen molar-refractivity contribution in [2.24, 2.45) is 16.8 Å². The van der Waals surface area contributed by atoms with Crippen LogP contribution in [0.3, 0.4) is 0 Å². The van der Waals surface area contributed by atoms with Gasteiger partial charge in [0.2, 0.25) is 5.96 Å². The van der Waals surface area contributed by atoms with Crippen molar-refractivity contribution in [3.63, 3.8) is 0 Å². The number of hydrogen-bond donors (Lipinski definition) is 2. The van der Waals surface area contributed by atoms with E-state index in [4.69, 9.17) is 5.84 Å². The van der Waals surface area contributed by atoms with E-state index in [2.05, 4.69) is 10.3 Å². The normalized spacial score (nSPS) is 16.5. The number of nitrogens with one attached hydrogen (secondary N) is 1. The van der Waals surface area contributed by atoms with Gasteiger partial charge in [-0.15, -0.1) is 0 Å². The molecule has 1 unspecified atom stereocenters. The van der Waals surface area contributed by atoms with Crippen LogP contribution in [0.15, 0.2) is 65.7 Å². The van der Waals surface area contributed by atoms with Gasteiger partial charge < -0.3 is 5.32 Å². The number of carbonyl (C=O) groups is 2. The Bertz CT molecular complexity index is 919. The fourth-order valence-electron chi connectivity index (χ4n) is 3.24. The van der Waals surface area contributed by atoms with E-state index in [1.807, 2.05) is 61.5 Å². The van der Waals surface area contributed by atoms with E-state index >= 15 is 0 Å². The molecule has 0 spiro atoms. The summed E-state index contributed by atoms with van der Waals surface area (Å²) in [6, 6.07) is 16.8. The van der Waals surface area contributed by atoms with E-state index < -0.39 is 12.0 Å². The van der Waals surface area contributed by atoms with Gasteiger partial charge in [-0.3, -0.25) is 14.6 Å². The summed E-state index contributed by atoms with van der Waals surface area (Å²) in [5.41, 5.74) is 3.50. The first-order valence-electron chi connectivity index (χ1n) is 9.11. The maximum atomic E-state index is 12.2. The Balaban J connectivity index is 2.05. The van der Waals surface area contributed by atoms with Gasteiger partial charge in [0, 0.05) is 11.3 Å². The van der Waals surface area contributed by atoms with Crippen molar-refractivity contribution < 1.29 is 9.59 Å². The lowest BCUT2D eigenvalue weighted by atomic mass is 9.89. The third-order valence-corrected chi connectivity index (χ3v) is 4.72. The van der Waals surface area contributed by atoms with Crippen LogP contribution < -0.4 is 11.2 Å². The molecule has 1 heterocycles. The van der Waals surface area contributed by atoms with Gasteiger partial charge in [0.25, 0.3) is 0 Å². The predicted octanol–water partition coefficient (Wildman–Crippen LogP) is 3.16. The van der Waals surface area contributed by atoms with Crippen LogP contribution in [0.25, 0.3) is 5.70 Å². The highest BCUT2D eigenvalue weighted by Gasteiger charge is 2.36. The predicted molar refractivity (Wildman–Crippen MR) is 111 cm³/mol. The van der Waals surface area contributed by atoms with Crippen LogP contribution in [-0.4, -0.2) is 28.6 Å². The number of ketones is 2. The molecule has 0 saturated heterocycles. The first-order valence-corrected chi connectivity index (χ1v) is 9.11. The topological polar surface area (TPSA) is 87.8 Å². The number of guanidine groups is 1. The van der Waals surface area contributed by atoms with Gasteiger partial charge in [0.1, 0.15) is 17.5 Å². The Kier molecular flexibility index (Phi) is 5.70. The van der Waals surface area contributed by atoms with Crippen LogP contribution in [0.5, 0.6) is 0 Å². The summed E-state index contributed by atoms with van der Waals surface area (Å²) < 4.78 is 0. The molecule has 2 aromatic carbocycles. The first-order chi connectivity index (χ1) is 13.4. The second-order valence-corrected chi connectivity index (χ2v) is 6.94. The van der Waals surface area contributed by atoms with Gasteiger partial charge in [0.15, 0.2) is 0 Å². The molecule has 3 rings (SSSR count). The average molecular weight is 376 g/mol. The Morgan fingerprint density at radius 1 is 1.04 bits per heavy atom. The SMILES string of the molecule is CC(=O)C(C(C)=O)C1C=C(c2ccc(C)cc2)N=C(Nc2ccccc2)N1N. The number of hydrogen-bond acceptors (Lipinski definition) is 6. The summed E-state index contributed by atoms with van der Waals surface area (Å²) in [5.74, 6) is 5.36. The van der Waals surface area contributed by atoms with E-state index in [0.29, 0.717) is 11.7 Å². The van der Waals surface area contributed by atoms with Crippen molar-refractivity contribution in [2.45, 2.75) is 26.8 Å². The molecule has 0 radical (unpaired) electrons. The monoisotopic (exact) mass is 376 g/mol. The molecular weight excluding hydrogens is 352 g/mol. The Labute approximate surface area is 164 Å². The fourth-order valence-corrected chi connectivity index (χ4v) is 3.24. The van der Waals surface area contributed by atoms with Gasteiger partial charge in [-0.25, -0.2) is 10.8 Å². The maximum absolute atomic E-state index is 12.2. The number of hydrazine groups is 1. The molecule has 0 fully saturated rings. The minimum Gasteiger partial charge on any atom is -0.325 e. The lowest BCUT2D eigenvalue weighted by molar-refractivity contribution is -0.131. The molecule has 2 aromatic rings. The van der Waals surface area contributed by atoms with Crippen LogP contribution in [-0.2, 0) is 9.59 Å². The molecule has 0 aromatic heterocycles. The Morgan fingerprint density at radius 2 is 1.64 bits per heavy atom. The second kappa shape index (κ2) is 8.19. The zero-order chi connectivity index (χ0) is 20.3. The van der Waals surface area contributed by atoms with Crippen molar-refractivity contribution >= 4 is 28.9 Å². The first kappa shape index (κ1) is 19.5. The summed E-state index contributed by atoms with van der Waals surface area (Å²) in [6.07, 6.45) is 1.79. The third kappa shape index (κ3) is 4.18. The minimum absolute atomic E-state index is 0.228. The molecule has 1 aliphatic heterocycles. The zero-order valence-corrected chi connectivity index (χ0v) is 16.2. The van der Waals surface area contributed by atoms with E-state index in [1.54, 1.807) is 6.08 Å². The number of carbonyl (C=O) groups excluding carboxylic acids is 2. The lowest BCUT2D eigenvalue weighted by Crippen LogP contribution is -2.55. The number of para-hydroxylation sites is 1. The summed E-state index contributed by atoms with van der Waals surface area (Å²) in [6.45, 7) is 4.83. The lowest BCUT2D eigenvalue weighted by Gasteiger charge is -2.35. The van der Waals surface area contributed by atoms with Gasteiger partial charge in [0.05, 0.1) is 11.7 Å². The average Bonchev–Trinajstić information content (AvgIpc) is 2.65. The number of nitrogens with zero attached hydrogens (tertiary/aromatic N) is 2. The second-order valence-electron chi connectivity index (χ2n) is 6.94. The van der Waals surface area contributed by atoms with Crippen molar-refractivity contribution in [3.8, 4) is 0 Å². The quantitative estimate of drug-likeness (QED) is 0.618. The highest BCUT2D eigenvalue weighted by Crippen LogP contribution is 2.27. The van der Waals surface area contributed by atoms with Gasteiger partial charge >= 0.3 is 0 Å². The third-order valence-electron chi connectivity index (χ3n) is 4.72. The maximum Gasteiger partial charge on any atom is 0.218 e. The van der Waals surface area contributed by atoms with E-state index in [1.165, 1.54) is 18.9 Å². The molecular formula is C22H24N4O2. The smallest absolute Gasteiger partial charge is 0.218 e. The summed E-state index contributed by atoms with van der Waals surface area (Å²) >= 11 is 0. The number of anilines is 1. The molecule has 6 heteroatoms. The summed E-state index contributed by atoms with van der Waals surface area (Å²) in [7, 11) is 0. The van der Waals surface area contributed by atoms with Gasteiger partial charge in [-0.2, -0.15) is 0 Å². The Morgan fingerprint density at radius 3 is 2.21 bits per heavy atom. The van der Waals surface area contributed by atoms with E-state index in [-0.39, 0.29) is 11.6 Å². The highest BCUT2D eigenvalue weighted by atomic mass is 16.1. The minimum atomic E-state index is -0.867. The molecule has 0 amide bonds. The molecule has 0 aliphatic carbocycles. The van der Waals surface area contributed by atoms with Crippen molar-refractivity contribution in [1.29, 1.82) is 0 Å². The van der Waals surface area contributed by atoms with Crippen molar-refractivity contribution in [2.75, 3.05) is 5.32 Å². The molecule has 3 N–H and O–H groups in total. The number of nitrogens with two attached hydrogens (primary N) is 1. The van der Waals surface area contributed by atoms with E-state index in [0.717, 1.165) is 16.8 Å². The van der Waals surface area contributed by atoms with Gasteiger partial charge in [-0.05, 0) is 39.0 Å². The van der Waals surface area contributed by atoms with Crippen LogP contribution in [0.4, 0.5) is 5.69 Å². The van der Waals surface area contributed by atoms with Crippen molar-refractivity contribution in [3.05, 3.63) is 71.8 Å². The summed E-state index contributed by atoms with van der Waals surface area (Å²) in [4.78, 5) is 29.0. The molecule has 0 saturated carbocycles. The van der Waals surface area contributed by atoms with Crippen LogP contribution in [0.2, 0.25) is 0 Å². The Hall–Kier alpha value is -3.25. The number of rotatable bonds is 5. The van der Waals surface area contributed by atoms with Crippen LogP contribution >= 0.6 is 0 Å². The molecule has 144 valence electrons. The molecule has 0 bridgehead atoms. The molecule has 1 aliphatic rings. The van der Waals surface area contributed by atoms with Gasteiger partial charge in [-0.1, -0.05) is 48.0 Å². The largest absolute Gasteiger partial charge is 0.325 e. The number of aliphatic imine (C=N–C) groups is 1. The molecule has 1 atom stereocenters. The number of benzene rings is 2. The van der Waals surface area contributed by atoms with Crippen LogP contribution in [0, 0.1) is 12.8 Å². The number of aryl methyl sites for hydroxylation is 1. The number of Topliss-reactive ketones (excluding diaryl/α,β-unsaturated/α-hetero) is 2. The fraction of sp³-hybridized carbons (Fsp3) is 0.227. The standard InChI is InChI=1S/C22H24N4O2/c1-14-9-11-17(12-10-14)19-13-20(21(15(2)27)16(3)28)26(23)22(25-19)24-18-7-5-4-6-8-18/h4-13,20-21H,23H2,1-3H3,(H,24,25). The van der Waals surface area contributed by atoms with Crippen LogP contribution in [0.1, 0.15) is 25.0 Å². The zero-order valence-electron chi connectivity index (χ0n) is 16.2.